The standard InChI is InChI=1S/C18H18F4N2O5S2/c1-8(25)28-17(2,3)16(27)24-15-10(14(23)26)7-13(31-15)30-12-5-4-9(6-11(12)19)29-18(20,21)22/h4-7,16,24,27H,1-3H3,(H2,23,26). The second-order valence-electron chi connectivity index (χ2n) is 6.66. The number of rotatable bonds is 8. The summed E-state index contributed by atoms with van der Waals surface area (Å²) in [5.74, 6) is -3.14. The van der Waals surface area contributed by atoms with Crippen LogP contribution in [0.3, 0.4) is 0 Å². The van der Waals surface area contributed by atoms with Gasteiger partial charge < -0.3 is 25.6 Å². The molecule has 7 nitrogen and oxygen atoms in total. The van der Waals surface area contributed by atoms with Crippen LogP contribution in [0.4, 0.5) is 22.6 Å². The van der Waals surface area contributed by atoms with Gasteiger partial charge in [0.1, 0.15) is 16.6 Å². The Morgan fingerprint density at radius 1 is 1.26 bits per heavy atom. The lowest BCUT2D eigenvalue weighted by molar-refractivity contribution is -0.274. The van der Waals surface area contributed by atoms with Crippen molar-refractivity contribution < 1.29 is 41.7 Å². The highest BCUT2D eigenvalue weighted by atomic mass is 32.2. The van der Waals surface area contributed by atoms with Crippen LogP contribution in [0, 0.1) is 5.82 Å². The molecule has 0 spiro atoms. The van der Waals surface area contributed by atoms with Gasteiger partial charge in [-0.15, -0.1) is 24.5 Å². The van der Waals surface area contributed by atoms with E-state index in [2.05, 4.69) is 10.1 Å². The predicted octanol–water partition coefficient (Wildman–Crippen LogP) is 4.11. The Hall–Kier alpha value is -2.51. The largest absolute Gasteiger partial charge is 0.573 e. The quantitative estimate of drug-likeness (QED) is 0.295. The topological polar surface area (TPSA) is 111 Å². The summed E-state index contributed by atoms with van der Waals surface area (Å²) in [7, 11) is 0. The van der Waals surface area contributed by atoms with Crippen LogP contribution >= 0.6 is 23.1 Å². The SMILES string of the molecule is CC(=O)OC(C)(C)C(O)Nc1sc(Sc2ccc(OC(F)(F)F)cc2F)cc1C(N)=O. The van der Waals surface area contributed by atoms with Crippen LogP contribution in [0.25, 0.3) is 0 Å². The molecule has 0 aliphatic heterocycles. The van der Waals surface area contributed by atoms with E-state index < -0.39 is 41.6 Å². The third kappa shape index (κ3) is 7.01. The second kappa shape index (κ2) is 9.32. The van der Waals surface area contributed by atoms with Crippen LogP contribution in [0.15, 0.2) is 33.4 Å². The molecule has 1 heterocycles. The summed E-state index contributed by atoms with van der Waals surface area (Å²) in [5, 5.41) is 13.1. The smallest absolute Gasteiger partial charge is 0.455 e. The fourth-order valence-electron chi connectivity index (χ4n) is 2.30. The lowest BCUT2D eigenvalue weighted by Gasteiger charge is -2.30. The van der Waals surface area contributed by atoms with Crippen LogP contribution in [0.1, 0.15) is 31.1 Å². The number of amides is 1. The summed E-state index contributed by atoms with van der Waals surface area (Å²) in [4.78, 5) is 22.9. The zero-order valence-corrected chi connectivity index (χ0v) is 18.0. The van der Waals surface area contributed by atoms with Gasteiger partial charge in [0.05, 0.1) is 9.77 Å². The Balaban J connectivity index is 2.24. The van der Waals surface area contributed by atoms with Gasteiger partial charge in [-0.1, -0.05) is 11.8 Å². The molecule has 1 unspecified atom stereocenters. The van der Waals surface area contributed by atoms with Crippen molar-refractivity contribution in [2.75, 3.05) is 5.32 Å². The molecule has 0 saturated carbocycles. The number of aliphatic hydroxyl groups excluding tert-OH is 1. The molecular weight excluding hydrogens is 464 g/mol. The molecule has 1 atom stereocenters. The van der Waals surface area contributed by atoms with E-state index in [-0.39, 0.29) is 15.5 Å². The van der Waals surface area contributed by atoms with E-state index >= 15 is 0 Å². The highest BCUT2D eigenvalue weighted by molar-refractivity contribution is 8.01. The fraction of sp³-hybridized carbons (Fsp3) is 0.333. The molecule has 1 aromatic carbocycles. The maximum Gasteiger partial charge on any atom is 0.573 e. The Kier molecular flexibility index (Phi) is 7.44. The summed E-state index contributed by atoms with van der Waals surface area (Å²) < 4.78 is 60.0. The van der Waals surface area contributed by atoms with Gasteiger partial charge in [0, 0.05) is 17.9 Å². The number of aliphatic hydroxyl groups is 1. The van der Waals surface area contributed by atoms with Crippen LogP contribution in [-0.2, 0) is 9.53 Å². The molecule has 0 aliphatic rings. The average molecular weight is 482 g/mol. The Bertz CT molecular complexity index is 978. The van der Waals surface area contributed by atoms with E-state index in [9.17, 15) is 32.3 Å². The molecule has 1 aromatic heterocycles. The molecule has 0 bridgehead atoms. The number of alkyl halides is 3. The van der Waals surface area contributed by atoms with Gasteiger partial charge in [-0.2, -0.15) is 0 Å². The van der Waals surface area contributed by atoms with Crippen LogP contribution in [0.5, 0.6) is 5.75 Å². The maximum absolute atomic E-state index is 14.2. The number of carbonyl (C=O) groups is 2. The number of nitrogens with two attached hydrogens (primary N) is 1. The minimum atomic E-state index is -4.95. The number of thiophene rings is 1. The number of nitrogens with one attached hydrogen (secondary N) is 1. The first-order valence-electron chi connectivity index (χ1n) is 8.49. The van der Waals surface area contributed by atoms with E-state index in [0.29, 0.717) is 10.3 Å². The van der Waals surface area contributed by atoms with E-state index in [0.717, 1.165) is 35.2 Å². The number of primary amides is 1. The van der Waals surface area contributed by atoms with E-state index in [1.165, 1.54) is 26.8 Å². The normalized spacial score (nSPS) is 12.9. The lowest BCUT2D eigenvalue weighted by Crippen LogP contribution is -2.45. The summed E-state index contributed by atoms with van der Waals surface area (Å²) in [5.41, 5.74) is 3.99. The first-order valence-corrected chi connectivity index (χ1v) is 10.1. The van der Waals surface area contributed by atoms with Crippen LogP contribution in [0.2, 0.25) is 0 Å². The molecule has 31 heavy (non-hydrogen) atoms. The van der Waals surface area contributed by atoms with Gasteiger partial charge in [0.15, 0.2) is 11.8 Å². The molecule has 2 aromatic rings. The van der Waals surface area contributed by atoms with Gasteiger partial charge in [-0.3, -0.25) is 9.59 Å². The van der Waals surface area contributed by atoms with Crippen molar-refractivity contribution in [2.45, 2.75) is 48.1 Å². The van der Waals surface area contributed by atoms with Crippen molar-refractivity contribution >= 4 is 40.0 Å². The zero-order valence-electron chi connectivity index (χ0n) is 16.4. The number of hydrogen-bond acceptors (Lipinski definition) is 8. The van der Waals surface area contributed by atoms with Crippen molar-refractivity contribution in [1.29, 1.82) is 0 Å². The van der Waals surface area contributed by atoms with Crippen LogP contribution < -0.4 is 15.8 Å². The number of hydrogen-bond donors (Lipinski definition) is 3. The molecule has 4 N–H and O–H groups in total. The molecule has 2 rings (SSSR count). The van der Waals surface area contributed by atoms with E-state index in [4.69, 9.17) is 10.5 Å². The molecule has 170 valence electrons. The van der Waals surface area contributed by atoms with Crippen LogP contribution in [-0.4, -0.2) is 35.2 Å². The Labute approximate surface area is 182 Å². The highest BCUT2D eigenvalue weighted by Crippen LogP contribution is 2.41. The van der Waals surface area contributed by atoms with E-state index in [1.807, 2.05) is 0 Å². The molecule has 0 aliphatic carbocycles. The van der Waals surface area contributed by atoms with E-state index in [1.54, 1.807) is 0 Å². The number of esters is 1. The molecule has 0 fully saturated rings. The van der Waals surface area contributed by atoms with Crippen molar-refractivity contribution in [1.82, 2.24) is 0 Å². The third-order valence-corrected chi connectivity index (χ3v) is 5.89. The Morgan fingerprint density at radius 2 is 1.90 bits per heavy atom. The Morgan fingerprint density at radius 3 is 2.42 bits per heavy atom. The maximum atomic E-state index is 14.2. The second-order valence-corrected chi connectivity index (χ2v) is 9.05. The average Bonchev–Trinajstić information content (AvgIpc) is 2.97. The first-order chi connectivity index (χ1) is 14.2. The molecule has 0 radical (unpaired) electrons. The minimum Gasteiger partial charge on any atom is -0.455 e. The fourth-order valence-corrected chi connectivity index (χ4v) is 4.49. The van der Waals surface area contributed by atoms with Gasteiger partial charge in [0.2, 0.25) is 0 Å². The zero-order chi connectivity index (χ0) is 23.6. The number of ether oxygens (including phenoxy) is 2. The highest BCUT2D eigenvalue weighted by Gasteiger charge is 2.33. The number of halogens is 4. The summed E-state index contributed by atoms with van der Waals surface area (Å²) in [6.07, 6.45) is -6.37. The monoisotopic (exact) mass is 482 g/mol. The number of carbonyl (C=O) groups excluding carboxylic acids is 2. The first kappa shape index (κ1) is 24.8. The molecular formula is C18H18F4N2O5S2. The van der Waals surface area contributed by atoms with Crippen molar-refractivity contribution in [3.05, 3.63) is 35.6 Å². The van der Waals surface area contributed by atoms with Gasteiger partial charge in [-0.05, 0) is 32.0 Å². The van der Waals surface area contributed by atoms with Gasteiger partial charge in [-0.25, -0.2) is 4.39 Å². The predicted molar refractivity (Wildman–Crippen MR) is 106 cm³/mol. The summed E-state index contributed by atoms with van der Waals surface area (Å²) in [6, 6.07) is 3.97. The van der Waals surface area contributed by atoms with Gasteiger partial charge >= 0.3 is 12.3 Å². The molecule has 0 saturated heterocycles. The molecule has 1 amide bonds. The van der Waals surface area contributed by atoms with Gasteiger partial charge in [0.25, 0.3) is 5.91 Å². The van der Waals surface area contributed by atoms with Crippen molar-refractivity contribution in [3.8, 4) is 5.75 Å². The lowest BCUT2D eigenvalue weighted by atomic mass is 10.1. The van der Waals surface area contributed by atoms with Crippen molar-refractivity contribution in [2.24, 2.45) is 5.73 Å². The summed E-state index contributed by atoms with van der Waals surface area (Å²) >= 11 is 1.77. The minimum absolute atomic E-state index is 0.0115. The third-order valence-electron chi connectivity index (χ3n) is 3.66. The van der Waals surface area contributed by atoms with Crippen molar-refractivity contribution in [3.63, 3.8) is 0 Å². The summed E-state index contributed by atoms with van der Waals surface area (Å²) in [6.45, 7) is 4.06. The number of benzene rings is 1. The molecule has 13 heteroatoms. The number of anilines is 1.